The first kappa shape index (κ1) is 13.2. The van der Waals surface area contributed by atoms with Gasteiger partial charge in [-0.2, -0.15) is 13.2 Å². The summed E-state index contributed by atoms with van der Waals surface area (Å²) in [7, 11) is 0. The Morgan fingerprint density at radius 1 is 1.38 bits per heavy atom. The van der Waals surface area contributed by atoms with Gasteiger partial charge >= 0.3 is 6.18 Å². The maximum absolute atomic E-state index is 11.8. The predicted molar refractivity (Wildman–Crippen MR) is 51.3 cm³/mol. The maximum Gasteiger partial charge on any atom is 0.411 e. The van der Waals surface area contributed by atoms with Gasteiger partial charge in [0.25, 0.3) is 0 Å². The lowest BCUT2D eigenvalue weighted by Gasteiger charge is -2.09. The van der Waals surface area contributed by atoms with E-state index in [4.69, 9.17) is 11.6 Å². The highest BCUT2D eigenvalue weighted by Crippen LogP contribution is 2.14. The molecular formula is C8H11ClF3N3O. The van der Waals surface area contributed by atoms with Gasteiger partial charge in [0.2, 0.25) is 5.28 Å². The number of hydrogen-bond donors (Lipinski definition) is 0. The van der Waals surface area contributed by atoms with Crippen LogP contribution in [0.4, 0.5) is 13.2 Å². The molecule has 0 amide bonds. The molecule has 16 heavy (non-hydrogen) atoms. The summed E-state index contributed by atoms with van der Waals surface area (Å²) in [6, 6.07) is 0. The van der Waals surface area contributed by atoms with Crippen molar-refractivity contribution in [1.82, 2.24) is 14.8 Å². The Balaban J connectivity index is 2.40. The number of aryl methyl sites for hydroxylation is 1. The Morgan fingerprint density at radius 3 is 2.62 bits per heavy atom. The summed E-state index contributed by atoms with van der Waals surface area (Å²) >= 11 is 5.70. The smallest absolute Gasteiger partial charge is 0.370 e. The number of ether oxygens (including phenoxy) is 1. The monoisotopic (exact) mass is 257 g/mol. The summed E-state index contributed by atoms with van der Waals surface area (Å²) in [6.07, 6.45) is -3.69. The fraction of sp³-hybridized carbons (Fsp3) is 0.750. The zero-order valence-electron chi connectivity index (χ0n) is 8.59. The van der Waals surface area contributed by atoms with Crippen LogP contribution >= 0.6 is 11.6 Å². The molecule has 0 saturated carbocycles. The van der Waals surface area contributed by atoms with Crippen LogP contribution in [0.5, 0.6) is 0 Å². The lowest BCUT2D eigenvalue weighted by Crippen LogP contribution is -2.19. The lowest BCUT2D eigenvalue weighted by atomic mass is 10.4. The first-order valence-electron chi connectivity index (χ1n) is 4.66. The standard InChI is InChI=1S/C8H11ClF3N3O/c1-2-6-13-14-7(9)15(6)3-4-16-5-8(10,11)12/h2-5H2,1H3. The molecule has 0 saturated heterocycles. The van der Waals surface area contributed by atoms with Crippen molar-refractivity contribution in [3.05, 3.63) is 11.1 Å². The molecule has 8 heteroatoms. The second-order valence-electron chi connectivity index (χ2n) is 3.06. The molecule has 92 valence electrons. The van der Waals surface area contributed by atoms with Crippen LogP contribution < -0.4 is 0 Å². The minimum atomic E-state index is -4.30. The molecule has 0 aliphatic heterocycles. The van der Waals surface area contributed by atoms with E-state index in [1.165, 1.54) is 4.57 Å². The van der Waals surface area contributed by atoms with E-state index in [2.05, 4.69) is 14.9 Å². The van der Waals surface area contributed by atoms with Gasteiger partial charge in [0.05, 0.1) is 13.2 Å². The van der Waals surface area contributed by atoms with E-state index in [0.717, 1.165) is 0 Å². The summed E-state index contributed by atoms with van der Waals surface area (Å²) in [5.41, 5.74) is 0. The number of hydrogen-bond acceptors (Lipinski definition) is 3. The molecule has 0 atom stereocenters. The molecule has 1 heterocycles. The van der Waals surface area contributed by atoms with Crippen molar-refractivity contribution in [3.63, 3.8) is 0 Å². The van der Waals surface area contributed by atoms with Crippen LogP contribution in [0.3, 0.4) is 0 Å². The average Bonchev–Trinajstić information content (AvgIpc) is 2.53. The van der Waals surface area contributed by atoms with Gasteiger partial charge in [-0.3, -0.25) is 4.57 Å². The fourth-order valence-corrected chi connectivity index (χ4v) is 1.36. The molecule has 0 fully saturated rings. The van der Waals surface area contributed by atoms with Crippen LogP contribution in [0, 0.1) is 0 Å². The van der Waals surface area contributed by atoms with Crippen molar-refractivity contribution in [3.8, 4) is 0 Å². The zero-order valence-corrected chi connectivity index (χ0v) is 9.35. The molecule has 0 aliphatic rings. The topological polar surface area (TPSA) is 39.9 Å². The van der Waals surface area contributed by atoms with Crippen LogP contribution in [0.2, 0.25) is 5.28 Å². The van der Waals surface area contributed by atoms with Gasteiger partial charge < -0.3 is 4.74 Å². The van der Waals surface area contributed by atoms with Crippen molar-refractivity contribution < 1.29 is 17.9 Å². The highest BCUT2D eigenvalue weighted by atomic mass is 35.5. The molecule has 1 aromatic heterocycles. The van der Waals surface area contributed by atoms with Crippen LogP contribution in [0.25, 0.3) is 0 Å². The summed E-state index contributed by atoms with van der Waals surface area (Å²) in [5.74, 6) is 0.626. The Bertz CT molecular complexity index is 340. The normalized spacial score (nSPS) is 12.1. The molecule has 0 radical (unpaired) electrons. The van der Waals surface area contributed by atoms with Crippen molar-refractivity contribution in [2.45, 2.75) is 26.1 Å². The quantitative estimate of drug-likeness (QED) is 0.758. The molecule has 0 aromatic carbocycles. The largest absolute Gasteiger partial charge is 0.411 e. The second-order valence-corrected chi connectivity index (χ2v) is 3.40. The maximum atomic E-state index is 11.8. The van der Waals surface area contributed by atoms with Crippen molar-refractivity contribution >= 4 is 11.6 Å². The first-order chi connectivity index (χ1) is 7.44. The third-order valence-corrected chi connectivity index (χ3v) is 2.10. The van der Waals surface area contributed by atoms with E-state index in [-0.39, 0.29) is 18.4 Å². The van der Waals surface area contributed by atoms with Gasteiger partial charge in [-0.25, -0.2) is 0 Å². The van der Waals surface area contributed by atoms with E-state index >= 15 is 0 Å². The summed E-state index contributed by atoms with van der Waals surface area (Å²) in [6.45, 7) is 0.733. The van der Waals surface area contributed by atoms with Gasteiger partial charge in [-0.05, 0) is 11.6 Å². The summed E-state index contributed by atoms with van der Waals surface area (Å²) in [5, 5.41) is 7.54. The predicted octanol–water partition coefficient (Wildman–Crippen LogP) is 2.07. The molecule has 0 bridgehead atoms. The fourth-order valence-electron chi connectivity index (χ4n) is 1.14. The van der Waals surface area contributed by atoms with Crippen LogP contribution in [0.1, 0.15) is 12.7 Å². The second kappa shape index (κ2) is 5.49. The van der Waals surface area contributed by atoms with Gasteiger partial charge in [0, 0.05) is 6.42 Å². The van der Waals surface area contributed by atoms with Crippen molar-refractivity contribution in [2.75, 3.05) is 13.2 Å². The third kappa shape index (κ3) is 3.97. The third-order valence-electron chi connectivity index (χ3n) is 1.82. The van der Waals surface area contributed by atoms with Crippen LogP contribution in [-0.2, 0) is 17.7 Å². The summed E-state index contributed by atoms with van der Waals surface area (Å²) in [4.78, 5) is 0. The van der Waals surface area contributed by atoms with Crippen molar-refractivity contribution in [2.24, 2.45) is 0 Å². The average molecular weight is 258 g/mol. The van der Waals surface area contributed by atoms with E-state index in [0.29, 0.717) is 12.2 Å². The molecular weight excluding hydrogens is 247 g/mol. The highest BCUT2D eigenvalue weighted by Gasteiger charge is 2.27. The molecule has 1 aromatic rings. The Kier molecular flexibility index (Phi) is 4.55. The Labute approximate surface area is 95.4 Å². The Hall–Kier alpha value is -0.820. The zero-order chi connectivity index (χ0) is 12.2. The molecule has 0 aliphatic carbocycles. The molecule has 0 N–H and O–H groups in total. The van der Waals surface area contributed by atoms with E-state index in [1.54, 1.807) is 0 Å². The highest BCUT2D eigenvalue weighted by molar-refractivity contribution is 6.28. The van der Waals surface area contributed by atoms with Crippen LogP contribution in [-0.4, -0.2) is 34.2 Å². The first-order valence-corrected chi connectivity index (χ1v) is 5.04. The van der Waals surface area contributed by atoms with E-state index < -0.39 is 12.8 Å². The van der Waals surface area contributed by atoms with E-state index in [1.807, 2.05) is 6.92 Å². The molecule has 0 spiro atoms. The van der Waals surface area contributed by atoms with Gasteiger partial charge in [0.15, 0.2) is 0 Å². The summed E-state index contributed by atoms with van der Waals surface area (Å²) < 4.78 is 41.3. The number of nitrogens with zero attached hydrogens (tertiary/aromatic N) is 3. The SMILES string of the molecule is CCc1nnc(Cl)n1CCOCC(F)(F)F. The number of rotatable bonds is 5. The molecule has 4 nitrogen and oxygen atoms in total. The Morgan fingerprint density at radius 2 is 2.06 bits per heavy atom. The number of halogens is 4. The van der Waals surface area contributed by atoms with Gasteiger partial charge in [0.1, 0.15) is 12.4 Å². The lowest BCUT2D eigenvalue weighted by molar-refractivity contribution is -0.174. The van der Waals surface area contributed by atoms with Crippen LogP contribution in [0.15, 0.2) is 0 Å². The van der Waals surface area contributed by atoms with E-state index in [9.17, 15) is 13.2 Å². The molecule has 1 rings (SSSR count). The molecule has 0 unspecified atom stereocenters. The minimum Gasteiger partial charge on any atom is -0.370 e. The number of aromatic nitrogens is 3. The van der Waals surface area contributed by atoms with Gasteiger partial charge in [-0.15, -0.1) is 10.2 Å². The minimum absolute atomic E-state index is 0.0791. The number of alkyl halides is 3. The van der Waals surface area contributed by atoms with Crippen molar-refractivity contribution in [1.29, 1.82) is 0 Å². The van der Waals surface area contributed by atoms with Gasteiger partial charge in [-0.1, -0.05) is 6.92 Å².